The van der Waals surface area contributed by atoms with Crippen LogP contribution in [0.4, 0.5) is 5.69 Å². The summed E-state index contributed by atoms with van der Waals surface area (Å²) in [6, 6.07) is 19.2. The van der Waals surface area contributed by atoms with Gasteiger partial charge in [-0.2, -0.15) is 0 Å². The number of para-hydroxylation sites is 2. The third-order valence-corrected chi connectivity index (χ3v) is 5.99. The number of nitrogens with zero attached hydrogens (tertiary/aromatic N) is 2. The molecule has 2 aromatic heterocycles. The van der Waals surface area contributed by atoms with Gasteiger partial charge in [-0.25, -0.2) is 5.48 Å². The van der Waals surface area contributed by atoms with Crippen molar-refractivity contribution < 1.29 is 15.1 Å². The summed E-state index contributed by atoms with van der Waals surface area (Å²) < 4.78 is 1.65. The molecule has 0 unspecified atom stereocenters. The van der Waals surface area contributed by atoms with Gasteiger partial charge in [0.25, 0.3) is 5.91 Å². The van der Waals surface area contributed by atoms with Gasteiger partial charge in [0, 0.05) is 21.9 Å². The zero-order valence-electron chi connectivity index (χ0n) is 17.0. The van der Waals surface area contributed by atoms with Crippen molar-refractivity contribution in [2.45, 2.75) is 6.54 Å². The molecule has 9 heteroatoms. The number of halogens is 1. The van der Waals surface area contributed by atoms with E-state index in [9.17, 15) is 14.8 Å². The van der Waals surface area contributed by atoms with E-state index < -0.39 is 5.91 Å². The number of aromatic amines is 1. The highest BCUT2D eigenvalue weighted by atomic mass is 35.5. The van der Waals surface area contributed by atoms with Crippen LogP contribution in [-0.4, -0.2) is 25.8 Å². The molecule has 0 atom stereocenters. The molecule has 5 rings (SSSR count). The van der Waals surface area contributed by atoms with Crippen molar-refractivity contribution in [3.8, 4) is 17.1 Å². The number of fused-ring (bicyclic) bond motifs is 2. The minimum absolute atomic E-state index is 0.0771. The Morgan fingerprint density at radius 1 is 1.03 bits per heavy atom. The van der Waals surface area contributed by atoms with Gasteiger partial charge in [-0.05, 0) is 35.0 Å². The molecule has 4 N–H and O–H groups in total. The summed E-state index contributed by atoms with van der Waals surface area (Å²) in [5.41, 5.74) is 5.03. The number of H-pyrrole nitrogens is 1. The fourth-order valence-electron chi connectivity index (χ4n) is 4.16. The molecule has 164 valence electrons. The minimum Gasteiger partial charge on any atom is -0.494 e. The van der Waals surface area contributed by atoms with E-state index >= 15 is 0 Å². The van der Waals surface area contributed by atoms with E-state index in [0.717, 1.165) is 11.1 Å². The largest absolute Gasteiger partial charge is 0.494 e. The number of benzene rings is 3. The van der Waals surface area contributed by atoms with Gasteiger partial charge in [0.15, 0.2) is 0 Å². The van der Waals surface area contributed by atoms with Crippen LogP contribution in [0.5, 0.6) is 5.88 Å². The molecule has 0 radical (unpaired) electrons. The van der Waals surface area contributed by atoms with E-state index in [1.165, 1.54) is 0 Å². The number of hydroxylamine groups is 1. The summed E-state index contributed by atoms with van der Waals surface area (Å²) in [6.45, 7) is 0.247. The lowest BCUT2D eigenvalue weighted by molar-refractivity contribution is 0.0706. The minimum atomic E-state index is -0.617. The van der Waals surface area contributed by atoms with Crippen molar-refractivity contribution in [2.24, 2.45) is 5.18 Å². The average Bonchev–Trinajstić information content (AvgIpc) is 3.34. The molecule has 5 aromatic rings. The van der Waals surface area contributed by atoms with Crippen LogP contribution >= 0.6 is 11.6 Å². The normalized spacial score (nSPS) is 11.2. The maximum atomic E-state index is 11.8. The molecule has 0 aliphatic rings. The second kappa shape index (κ2) is 8.09. The van der Waals surface area contributed by atoms with E-state index in [1.54, 1.807) is 52.5 Å². The highest BCUT2D eigenvalue weighted by Gasteiger charge is 2.25. The van der Waals surface area contributed by atoms with E-state index in [0.29, 0.717) is 38.1 Å². The monoisotopic (exact) mass is 460 g/mol. The molecule has 0 saturated heterocycles. The second-order valence-corrected chi connectivity index (χ2v) is 7.95. The first kappa shape index (κ1) is 20.7. The number of aromatic nitrogens is 2. The molecule has 2 heterocycles. The van der Waals surface area contributed by atoms with Crippen LogP contribution in [0.1, 0.15) is 15.9 Å². The van der Waals surface area contributed by atoms with E-state index in [2.05, 4.69) is 10.2 Å². The lowest BCUT2D eigenvalue weighted by atomic mass is 10.1. The number of carbonyl (C=O) groups is 1. The fourth-order valence-corrected chi connectivity index (χ4v) is 4.44. The van der Waals surface area contributed by atoms with Gasteiger partial charge in [-0.1, -0.05) is 54.1 Å². The third-order valence-electron chi connectivity index (χ3n) is 5.68. The molecule has 0 fully saturated rings. The molecule has 0 bridgehead atoms. The molecule has 3 aromatic carbocycles. The Morgan fingerprint density at radius 2 is 1.76 bits per heavy atom. The summed E-state index contributed by atoms with van der Waals surface area (Å²) in [5.74, 6) is -0.694. The first-order valence-electron chi connectivity index (χ1n) is 10.0. The number of rotatable bonds is 5. The SMILES string of the molecule is O=Nc1c(-c2c(O)n(Cc3ccc(C(=O)NO)cc3)c3c(Cl)cccc23)[nH]c2ccccc12. The highest BCUT2D eigenvalue weighted by molar-refractivity contribution is 6.35. The Morgan fingerprint density at radius 3 is 2.48 bits per heavy atom. The summed E-state index contributed by atoms with van der Waals surface area (Å²) in [4.78, 5) is 26.6. The van der Waals surface area contributed by atoms with Crippen LogP contribution in [0.2, 0.25) is 5.02 Å². The van der Waals surface area contributed by atoms with Crippen molar-refractivity contribution in [2.75, 3.05) is 0 Å². The lowest BCUT2D eigenvalue weighted by Crippen LogP contribution is -2.18. The molecule has 8 nitrogen and oxygen atoms in total. The predicted molar refractivity (Wildman–Crippen MR) is 126 cm³/mol. The van der Waals surface area contributed by atoms with Crippen molar-refractivity contribution in [1.82, 2.24) is 15.0 Å². The Balaban J connectivity index is 1.70. The zero-order valence-corrected chi connectivity index (χ0v) is 17.8. The third kappa shape index (κ3) is 3.32. The summed E-state index contributed by atoms with van der Waals surface area (Å²) in [7, 11) is 0. The maximum Gasteiger partial charge on any atom is 0.274 e. The smallest absolute Gasteiger partial charge is 0.274 e. The van der Waals surface area contributed by atoms with Crippen LogP contribution in [0, 0.1) is 4.91 Å². The van der Waals surface area contributed by atoms with Crippen LogP contribution < -0.4 is 5.48 Å². The van der Waals surface area contributed by atoms with Gasteiger partial charge < -0.3 is 14.7 Å². The molecule has 0 spiro atoms. The second-order valence-electron chi connectivity index (χ2n) is 7.54. The van der Waals surface area contributed by atoms with Crippen LogP contribution in [0.15, 0.2) is 71.9 Å². The number of hydrogen-bond acceptors (Lipinski definition) is 5. The Kier molecular flexibility index (Phi) is 5.08. The predicted octanol–water partition coefficient (Wildman–Crippen LogP) is 5.71. The standard InChI is InChI=1S/C24H17ClN4O4/c25-17-6-3-5-16-19(21-20(27-32)15-4-1-2-7-18(15)26-21)24(31)29(22(16)17)12-13-8-10-14(11-9-13)23(30)28-33/h1-11,26,31,33H,12H2,(H,28,30). The van der Waals surface area contributed by atoms with E-state index in [1.807, 2.05) is 24.3 Å². The molecular formula is C24H17ClN4O4. The van der Waals surface area contributed by atoms with Crippen LogP contribution in [0.25, 0.3) is 33.1 Å². The molecular weight excluding hydrogens is 444 g/mol. The topological polar surface area (TPSA) is 120 Å². The quantitative estimate of drug-likeness (QED) is 0.152. The van der Waals surface area contributed by atoms with Crippen molar-refractivity contribution >= 4 is 45.0 Å². The first-order valence-corrected chi connectivity index (χ1v) is 10.4. The van der Waals surface area contributed by atoms with E-state index in [-0.39, 0.29) is 18.1 Å². The lowest BCUT2D eigenvalue weighted by Gasteiger charge is -2.09. The summed E-state index contributed by atoms with van der Waals surface area (Å²) in [6.07, 6.45) is 0. The average molecular weight is 461 g/mol. The summed E-state index contributed by atoms with van der Waals surface area (Å²) >= 11 is 6.53. The number of nitrogens with one attached hydrogen (secondary N) is 2. The molecule has 1 amide bonds. The van der Waals surface area contributed by atoms with Crippen LogP contribution in [0.3, 0.4) is 0 Å². The molecule has 0 saturated carbocycles. The van der Waals surface area contributed by atoms with Crippen molar-refractivity contribution in [1.29, 1.82) is 0 Å². The maximum absolute atomic E-state index is 11.8. The number of aromatic hydroxyl groups is 1. The van der Waals surface area contributed by atoms with Crippen molar-refractivity contribution in [3.05, 3.63) is 87.8 Å². The molecule has 33 heavy (non-hydrogen) atoms. The number of nitroso groups, excluding NO2 is 1. The van der Waals surface area contributed by atoms with Gasteiger partial charge in [-0.15, -0.1) is 4.91 Å². The van der Waals surface area contributed by atoms with Crippen molar-refractivity contribution in [3.63, 3.8) is 0 Å². The first-order chi connectivity index (χ1) is 16.0. The molecule has 0 aliphatic heterocycles. The molecule has 0 aliphatic carbocycles. The Hall–Kier alpha value is -4.14. The zero-order chi connectivity index (χ0) is 23.1. The van der Waals surface area contributed by atoms with Gasteiger partial charge >= 0.3 is 0 Å². The van der Waals surface area contributed by atoms with Gasteiger partial charge in [0.1, 0.15) is 5.69 Å². The Labute approximate surface area is 192 Å². The number of hydrogen-bond donors (Lipinski definition) is 4. The number of amides is 1. The van der Waals surface area contributed by atoms with Gasteiger partial charge in [0.05, 0.1) is 28.3 Å². The Bertz CT molecular complexity index is 1540. The van der Waals surface area contributed by atoms with Crippen LogP contribution in [-0.2, 0) is 6.54 Å². The van der Waals surface area contributed by atoms with Gasteiger partial charge in [-0.3, -0.25) is 10.0 Å². The fraction of sp³-hybridized carbons (Fsp3) is 0.0417. The number of carbonyl (C=O) groups excluding carboxylic acids is 1. The summed E-state index contributed by atoms with van der Waals surface area (Å²) in [5, 5.41) is 25.1. The highest BCUT2D eigenvalue weighted by Crippen LogP contribution is 2.47. The van der Waals surface area contributed by atoms with Gasteiger partial charge in [0.2, 0.25) is 5.88 Å². The van der Waals surface area contributed by atoms with E-state index in [4.69, 9.17) is 16.8 Å².